The van der Waals surface area contributed by atoms with Crippen molar-refractivity contribution in [3.8, 4) is 0 Å². The van der Waals surface area contributed by atoms with E-state index in [9.17, 15) is 0 Å². The molecule has 0 aromatic rings. The molecule has 18 unspecified atom stereocenters. The van der Waals surface area contributed by atoms with E-state index in [0.29, 0.717) is 0 Å². The Morgan fingerprint density at radius 1 is 0.195 bits per heavy atom. The summed E-state index contributed by atoms with van der Waals surface area (Å²) >= 11 is 0. The van der Waals surface area contributed by atoms with Gasteiger partial charge in [-0.1, -0.05) is 121 Å². The lowest BCUT2D eigenvalue weighted by atomic mass is 9.56. The van der Waals surface area contributed by atoms with E-state index in [-0.39, 0.29) is 0 Å². The van der Waals surface area contributed by atoms with Gasteiger partial charge in [-0.15, -0.1) is 0 Å². The highest BCUT2D eigenvalue weighted by molar-refractivity contribution is 5.12. The van der Waals surface area contributed by atoms with E-state index in [1.54, 1.807) is 231 Å². The highest BCUT2D eigenvalue weighted by Crippen LogP contribution is 2.68. The summed E-state index contributed by atoms with van der Waals surface area (Å²) in [6, 6.07) is 0. The molecule has 0 radical (unpaired) electrons. The molecule has 0 heterocycles. The van der Waals surface area contributed by atoms with Gasteiger partial charge in [0.15, 0.2) is 0 Å². The molecule has 21 saturated carbocycles. The standard InChI is InChI=1S/C12H18.C11H18.2C10H16.C10H14.C10H18.C7H12.C7H10/c1-2-8-5-7(1)11-9-3-4-10(6-9)12(8)11;1-2-4-11-9-6-5-8(7-9)10(11)3-1;1-7-2-9-4-8(1)5-10(3-7)6-9;2*1-2-9-7-4-5-8(6-7)10(9)3-1;1-2-6-10-8-4-3-7-9(10)5-1;2*1-2-7-4-3-6(1)5-7/h7-12H,1-6H2;8-11H,1-7H2;2*7-10H,1-6H2;1-2,7-10H,3-6H2;9-10H,1-8H2;6-7H,1-5H2;1-2,6-7H,3-5H2. The topological polar surface area (TPSA) is 0 Å². The van der Waals surface area contributed by atoms with Crippen LogP contribution in [0, 0.1) is 166 Å². The molecule has 77 heavy (non-hydrogen) atoms. The van der Waals surface area contributed by atoms with Crippen molar-refractivity contribution in [2.75, 3.05) is 0 Å². The number of fused-ring (bicyclic) bond motifs is 29. The van der Waals surface area contributed by atoms with Gasteiger partial charge in [-0.2, -0.15) is 0 Å². The van der Waals surface area contributed by atoms with E-state index < -0.39 is 0 Å². The van der Waals surface area contributed by atoms with Gasteiger partial charge in [0.2, 0.25) is 0 Å². The Kier molecular flexibility index (Phi) is 16.5. The third kappa shape index (κ3) is 11.4. The number of allylic oxidation sites excluding steroid dienone is 4. The molecule has 0 N–H and O–H groups in total. The first-order chi connectivity index (χ1) is 38.0. The molecule has 18 atom stereocenters. The summed E-state index contributed by atoms with van der Waals surface area (Å²) in [7, 11) is 0. The van der Waals surface area contributed by atoms with Crippen molar-refractivity contribution in [1.82, 2.24) is 0 Å². The zero-order valence-electron chi connectivity index (χ0n) is 50.3. The molecule has 23 rings (SSSR count). The highest BCUT2D eigenvalue weighted by Gasteiger charge is 2.59. The van der Waals surface area contributed by atoms with Crippen molar-refractivity contribution in [2.45, 2.75) is 289 Å². The Hall–Kier alpha value is -0.520. The van der Waals surface area contributed by atoms with E-state index >= 15 is 0 Å². The SMILES string of the molecule is C1=CC2C3CCC(C3)C2C1.C1=CC2CCC1C2.C1C2CC3CC1CC(C2)C3.C1CC2C3CCC(C3)C2C1.C1CC2CC1C1C3CCC(C3)C21.C1CC2CCC1C2.C1CCC2C3CCC(C3)C2C1.C1CCC2CCCCC2C1. The molecule has 0 heteroatoms. The summed E-state index contributed by atoms with van der Waals surface area (Å²) in [5.74, 6) is 32.6. The van der Waals surface area contributed by atoms with Gasteiger partial charge < -0.3 is 0 Å². The van der Waals surface area contributed by atoms with Crippen LogP contribution in [0.25, 0.3) is 0 Å². The van der Waals surface area contributed by atoms with E-state index in [1.165, 1.54) is 176 Å². The highest BCUT2D eigenvalue weighted by atomic mass is 14.6. The van der Waals surface area contributed by atoms with Crippen LogP contribution in [0.2, 0.25) is 0 Å². The predicted octanol–water partition coefficient (Wildman–Crippen LogP) is 22.1. The Morgan fingerprint density at radius 3 is 0.870 bits per heavy atom. The number of rotatable bonds is 0. The monoisotopic (exact) mass is 1050 g/mol. The van der Waals surface area contributed by atoms with Gasteiger partial charge >= 0.3 is 0 Å². The van der Waals surface area contributed by atoms with Gasteiger partial charge in [0, 0.05) is 0 Å². The van der Waals surface area contributed by atoms with E-state index in [4.69, 9.17) is 0 Å². The molecule has 0 saturated heterocycles. The minimum Gasteiger partial charge on any atom is -0.0879 e. The quantitative estimate of drug-likeness (QED) is 0.168. The molecule has 0 nitrogen and oxygen atoms in total. The van der Waals surface area contributed by atoms with E-state index in [1.807, 2.05) is 0 Å². The Labute approximate surface area is 476 Å². The maximum Gasteiger partial charge on any atom is -0.0171 e. The molecule has 0 spiro atoms. The third-order valence-electron chi connectivity index (χ3n) is 30.8. The zero-order chi connectivity index (χ0) is 50.8. The predicted molar refractivity (Wildman–Crippen MR) is 324 cm³/mol. The normalized spacial score (nSPS) is 54.1. The van der Waals surface area contributed by atoms with Crippen LogP contribution in [0.4, 0.5) is 0 Å². The van der Waals surface area contributed by atoms with Crippen molar-refractivity contribution in [3.63, 3.8) is 0 Å². The fourth-order valence-corrected chi connectivity index (χ4v) is 28.0. The largest absolute Gasteiger partial charge is 0.0879 e. The summed E-state index contributed by atoms with van der Waals surface area (Å²) < 4.78 is 0. The lowest BCUT2D eigenvalue weighted by Crippen LogP contribution is -2.38. The maximum absolute atomic E-state index is 2.49. The van der Waals surface area contributed by atoms with Crippen molar-refractivity contribution >= 4 is 0 Å². The lowest BCUT2D eigenvalue weighted by Gasteiger charge is -2.49. The fourth-order valence-electron chi connectivity index (χ4n) is 28.0. The van der Waals surface area contributed by atoms with Gasteiger partial charge in [0.25, 0.3) is 0 Å². The van der Waals surface area contributed by atoms with Crippen LogP contribution in [0.3, 0.4) is 0 Å². The maximum atomic E-state index is 2.49. The van der Waals surface area contributed by atoms with Crippen LogP contribution in [0.5, 0.6) is 0 Å². The van der Waals surface area contributed by atoms with Crippen LogP contribution in [0.15, 0.2) is 24.3 Å². The summed E-state index contributed by atoms with van der Waals surface area (Å²) in [5.41, 5.74) is 0. The first-order valence-corrected chi connectivity index (χ1v) is 37.4. The second-order valence-corrected chi connectivity index (χ2v) is 34.4. The van der Waals surface area contributed by atoms with Crippen molar-refractivity contribution < 1.29 is 0 Å². The number of hydrogen-bond acceptors (Lipinski definition) is 0. The van der Waals surface area contributed by atoms with Crippen LogP contribution in [-0.2, 0) is 0 Å². The second-order valence-electron chi connectivity index (χ2n) is 34.4. The van der Waals surface area contributed by atoms with E-state index in [0.717, 1.165) is 47.3 Å². The van der Waals surface area contributed by atoms with Gasteiger partial charge in [-0.3, -0.25) is 0 Å². The lowest BCUT2D eigenvalue weighted by molar-refractivity contribution is 0.0198. The second kappa shape index (κ2) is 23.9. The molecule has 23 aliphatic rings. The van der Waals surface area contributed by atoms with Crippen LogP contribution < -0.4 is 0 Å². The fraction of sp³-hybridized carbons (Fsp3) is 0.948. The molecule has 23 aliphatic carbocycles. The summed E-state index contributed by atoms with van der Waals surface area (Å²) in [4.78, 5) is 0. The van der Waals surface area contributed by atoms with Crippen molar-refractivity contribution in [1.29, 1.82) is 0 Å². The molecular formula is C77H122. The van der Waals surface area contributed by atoms with Gasteiger partial charge in [-0.05, 0) is 358 Å². The molecule has 18 bridgehead atoms. The average Bonchev–Trinajstić information content (AvgIpc) is 4.41. The summed E-state index contributed by atoms with van der Waals surface area (Å²) in [6.07, 6.45) is 80.3. The van der Waals surface area contributed by atoms with Crippen LogP contribution in [0.1, 0.15) is 289 Å². The minimum atomic E-state index is 0.991. The molecule has 0 aliphatic heterocycles. The summed E-state index contributed by atoms with van der Waals surface area (Å²) in [5, 5.41) is 0. The molecule has 0 aromatic carbocycles. The van der Waals surface area contributed by atoms with Gasteiger partial charge in [0.1, 0.15) is 0 Å². The molecule has 0 aromatic heterocycles. The Morgan fingerprint density at radius 2 is 0.519 bits per heavy atom. The minimum absolute atomic E-state index is 0.991. The smallest absolute Gasteiger partial charge is 0.0171 e. The molecule has 21 fully saturated rings. The van der Waals surface area contributed by atoms with Crippen molar-refractivity contribution in [2.24, 2.45) is 166 Å². The molecular weight excluding hydrogens is 925 g/mol. The number of hydrogen-bond donors (Lipinski definition) is 0. The van der Waals surface area contributed by atoms with Crippen molar-refractivity contribution in [3.05, 3.63) is 24.3 Å². The third-order valence-corrected chi connectivity index (χ3v) is 30.8. The van der Waals surface area contributed by atoms with Gasteiger partial charge in [0.05, 0.1) is 0 Å². The Bertz CT molecular complexity index is 1780. The van der Waals surface area contributed by atoms with Crippen LogP contribution in [-0.4, -0.2) is 0 Å². The average molecular weight is 1050 g/mol. The van der Waals surface area contributed by atoms with E-state index in [2.05, 4.69) is 24.3 Å². The molecule has 430 valence electrons. The van der Waals surface area contributed by atoms with Gasteiger partial charge in [-0.25, -0.2) is 0 Å². The summed E-state index contributed by atoms with van der Waals surface area (Å²) in [6.45, 7) is 0. The van der Waals surface area contributed by atoms with Crippen LogP contribution >= 0.6 is 0 Å². The first-order valence-electron chi connectivity index (χ1n) is 37.4. The molecule has 0 amide bonds. The first kappa shape index (κ1) is 53.2. The Balaban J connectivity index is 0.0000000772. The zero-order valence-corrected chi connectivity index (χ0v) is 50.3.